The Kier molecular flexibility index (Phi) is 2.22. The highest BCUT2D eigenvalue weighted by Crippen LogP contribution is 2.37. The monoisotopic (exact) mass is 228 g/mol. The molecule has 2 N–H and O–H groups in total. The van der Waals surface area contributed by atoms with Gasteiger partial charge in [-0.2, -0.15) is 0 Å². The number of fused-ring (bicyclic) bond motifs is 1. The number of para-hydroxylation sites is 1. The van der Waals surface area contributed by atoms with Crippen LogP contribution in [0.5, 0.6) is 5.75 Å². The molecule has 0 amide bonds. The molecule has 0 radical (unpaired) electrons. The number of nitrogen functional groups attached to an aromatic ring is 1. The van der Waals surface area contributed by atoms with Crippen molar-refractivity contribution < 1.29 is 13.2 Å². The minimum atomic E-state index is -3.26. The van der Waals surface area contributed by atoms with Gasteiger partial charge in [0.1, 0.15) is 6.61 Å². The maximum atomic E-state index is 11.5. The summed E-state index contributed by atoms with van der Waals surface area (Å²) in [6, 6.07) is 5.08. The van der Waals surface area contributed by atoms with E-state index in [2.05, 4.69) is 0 Å². The molecule has 1 aliphatic heterocycles. The molecule has 1 aromatic carbocycles. The van der Waals surface area contributed by atoms with Crippen molar-refractivity contribution in [1.29, 1.82) is 0 Å². The van der Waals surface area contributed by atoms with E-state index in [1.807, 2.05) is 0 Å². The fourth-order valence-electron chi connectivity index (χ4n) is 1.59. The first kappa shape index (κ1) is 10.1. The Balaban J connectivity index is 2.57. The summed E-state index contributed by atoms with van der Waals surface area (Å²) in [5.41, 5.74) is 6.68. The fraction of sp³-hybridized carbons (Fsp3) is 0.333. The summed E-state index contributed by atoms with van der Waals surface area (Å²) in [5.74, 6) is 0.453. The molecule has 15 heavy (non-hydrogen) atoms. The normalized spacial score (nSPS) is 15.7. The SMILES string of the molecule is CS(=O)(=O)N1CCOc2c(N)cccc21. The van der Waals surface area contributed by atoms with Gasteiger partial charge in [0.25, 0.3) is 0 Å². The van der Waals surface area contributed by atoms with Gasteiger partial charge in [-0.25, -0.2) is 8.42 Å². The molecule has 0 unspecified atom stereocenters. The molecule has 1 aromatic rings. The molecule has 0 saturated heterocycles. The van der Waals surface area contributed by atoms with E-state index in [4.69, 9.17) is 10.5 Å². The van der Waals surface area contributed by atoms with Crippen molar-refractivity contribution >= 4 is 21.4 Å². The lowest BCUT2D eigenvalue weighted by Crippen LogP contribution is -2.37. The third kappa shape index (κ3) is 1.72. The lowest BCUT2D eigenvalue weighted by atomic mass is 10.2. The van der Waals surface area contributed by atoms with Gasteiger partial charge in [-0.15, -0.1) is 0 Å². The van der Waals surface area contributed by atoms with Crippen molar-refractivity contribution in [3.8, 4) is 5.75 Å². The molecular weight excluding hydrogens is 216 g/mol. The molecule has 0 fully saturated rings. The number of benzene rings is 1. The number of rotatable bonds is 1. The highest BCUT2D eigenvalue weighted by molar-refractivity contribution is 7.92. The van der Waals surface area contributed by atoms with E-state index in [-0.39, 0.29) is 0 Å². The molecule has 0 saturated carbocycles. The molecule has 0 spiro atoms. The summed E-state index contributed by atoms with van der Waals surface area (Å²) in [6.45, 7) is 0.656. The summed E-state index contributed by atoms with van der Waals surface area (Å²) in [4.78, 5) is 0. The van der Waals surface area contributed by atoms with E-state index >= 15 is 0 Å². The number of anilines is 2. The van der Waals surface area contributed by atoms with Crippen LogP contribution in [-0.2, 0) is 10.0 Å². The zero-order valence-electron chi connectivity index (χ0n) is 8.30. The highest BCUT2D eigenvalue weighted by atomic mass is 32.2. The Morgan fingerprint density at radius 2 is 2.20 bits per heavy atom. The predicted octanol–water partition coefficient (Wildman–Crippen LogP) is 0.427. The first-order chi connectivity index (χ1) is 7.00. The van der Waals surface area contributed by atoms with Gasteiger partial charge in [0.05, 0.1) is 24.2 Å². The maximum Gasteiger partial charge on any atom is 0.232 e. The summed E-state index contributed by atoms with van der Waals surface area (Å²) in [5, 5.41) is 0. The van der Waals surface area contributed by atoms with E-state index < -0.39 is 10.0 Å². The van der Waals surface area contributed by atoms with Crippen LogP contribution in [0.15, 0.2) is 18.2 Å². The Bertz CT molecular complexity index is 484. The van der Waals surface area contributed by atoms with Gasteiger partial charge in [0.15, 0.2) is 5.75 Å². The topological polar surface area (TPSA) is 72.6 Å². The summed E-state index contributed by atoms with van der Waals surface area (Å²) in [7, 11) is -3.26. The van der Waals surface area contributed by atoms with Crippen LogP contribution in [-0.4, -0.2) is 27.8 Å². The van der Waals surface area contributed by atoms with Crippen molar-refractivity contribution in [3.63, 3.8) is 0 Å². The Hall–Kier alpha value is -1.43. The summed E-state index contributed by atoms with van der Waals surface area (Å²) in [6.07, 6.45) is 1.17. The number of ether oxygens (including phenoxy) is 1. The van der Waals surface area contributed by atoms with Crippen molar-refractivity contribution in [2.75, 3.05) is 29.4 Å². The van der Waals surface area contributed by atoms with Crippen LogP contribution >= 0.6 is 0 Å². The van der Waals surface area contributed by atoms with Gasteiger partial charge < -0.3 is 10.5 Å². The zero-order chi connectivity index (χ0) is 11.1. The number of sulfonamides is 1. The fourth-order valence-corrected chi connectivity index (χ4v) is 2.50. The molecular formula is C9H12N2O3S. The first-order valence-electron chi connectivity index (χ1n) is 4.49. The minimum Gasteiger partial charge on any atom is -0.487 e. The molecule has 0 aliphatic carbocycles. The molecule has 1 aliphatic rings. The second-order valence-electron chi connectivity index (χ2n) is 3.38. The largest absolute Gasteiger partial charge is 0.487 e. The molecule has 0 bridgehead atoms. The van der Waals surface area contributed by atoms with E-state index in [0.29, 0.717) is 30.3 Å². The van der Waals surface area contributed by atoms with Crippen molar-refractivity contribution in [1.82, 2.24) is 0 Å². The Labute approximate surface area is 88.5 Å². The molecule has 1 heterocycles. The van der Waals surface area contributed by atoms with Crippen molar-refractivity contribution in [2.24, 2.45) is 0 Å². The van der Waals surface area contributed by atoms with E-state index in [1.54, 1.807) is 18.2 Å². The van der Waals surface area contributed by atoms with Gasteiger partial charge >= 0.3 is 0 Å². The minimum absolute atomic E-state index is 0.328. The number of hydrogen-bond donors (Lipinski definition) is 1. The van der Waals surface area contributed by atoms with Crippen molar-refractivity contribution in [2.45, 2.75) is 0 Å². The molecule has 82 valence electrons. The molecule has 0 atom stereocenters. The van der Waals surface area contributed by atoms with Crippen LogP contribution in [0, 0.1) is 0 Å². The van der Waals surface area contributed by atoms with Gasteiger partial charge in [0.2, 0.25) is 10.0 Å². The van der Waals surface area contributed by atoms with E-state index in [1.165, 1.54) is 10.6 Å². The quantitative estimate of drug-likeness (QED) is 0.707. The lowest BCUT2D eigenvalue weighted by molar-refractivity contribution is 0.317. The number of nitrogens with zero attached hydrogens (tertiary/aromatic N) is 1. The third-order valence-corrected chi connectivity index (χ3v) is 3.41. The number of nitrogens with two attached hydrogens (primary N) is 1. The smallest absolute Gasteiger partial charge is 0.232 e. The highest BCUT2D eigenvalue weighted by Gasteiger charge is 2.25. The Morgan fingerprint density at radius 3 is 2.87 bits per heavy atom. The number of hydrogen-bond acceptors (Lipinski definition) is 4. The maximum absolute atomic E-state index is 11.5. The average Bonchev–Trinajstić information content (AvgIpc) is 2.16. The average molecular weight is 228 g/mol. The van der Waals surface area contributed by atoms with E-state index in [0.717, 1.165) is 0 Å². The van der Waals surface area contributed by atoms with Gasteiger partial charge in [0, 0.05) is 0 Å². The Morgan fingerprint density at radius 1 is 1.47 bits per heavy atom. The lowest BCUT2D eigenvalue weighted by Gasteiger charge is -2.29. The second kappa shape index (κ2) is 3.30. The molecule has 6 heteroatoms. The van der Waals surface area contributed by atoms with Crippen LogP contribution in [0.25, 0.3) is 0 Å². The zero-order valence-corrected chi connectivity index (χ0v) is 9.12. The summed E-state index contributed by atoms with van der Waals surface area (Å²) >= 11 is 0. The first-order valence-corrected chi connectivity index (χ1v) is 6.34. The van der Waals surface area contributed by atoms with Gasteiger partial charge in [-0.1, -0.05) is 6.07 Å². The van der Waals surface area contributed by atoms with Crippen molar-refractivity contribution in [3.05, 3.63) is 18.2 Å². The van der Waals surface area contributed by atoms with Crippen LogP contribution in [0.4, 0.5) is 11.4 Å². The van der Waals surface area contributed by atoms with Crippen LogP contribution in [0.2, 0.25) is 0 Å². The molecule has 2 rings (SSSR count). The van der Waals surface area contributed by atoms with Crippen LogP contribution in [0.1, 0.15) is 0 Å². The van der Waals surface area contributed by atoms with Crippen LogP contribution < -0.4 is 14.8 Å². The standard InChI is InChI=1S/C9H12N2O3S/c1-15(12,13)11-5-6-14-9-7(10)3-2-4-8(9)11/h2-4H,5-6,10H2,1H3. The third-order valence-electron chi connectivity index (χ3n) is 2.23. The van der Waals surface area contributed by atoms with Gasteiger partial charge in [-0.05, 0) is 12.1 Å². The predicted molar refractivity (Wildman–Crippen MR) is 58.5 cm³/mol. The van der Waals surface area contributed by atoms with Gasteiger partial charge in [-0.3, -0.25) is 4.31 Å². The van der Waals surface area contributed by atoms with E-state index in [9.17, 15) is 8.42 Å². The molecule has 0 aromatic heterocycles. The molecule has 5 nitrogen and oxygen atoms in total. The van der Waals surface area contributed by atoms with Crippen LogP contribution in [0.3, 0.4) is 0 Å². The second-order valence-corrected chi connectivity index (χ2v) is 5.29. The summed E-state index contributed by atoms with van der Waals surface area (Å²) < 4.78 is 29.6.